The lowest BCUT2D eigenvalue weighted by Gasteiger charge is -2.07. The molecule has 0 radical (unpaired) electrons. The lowest BCUT2D eigenvalue weighted by atomic mass is 10.2. The van der Waals surface area contributed by atoms with Crippen LogP contribution in [0.3, 0.4) is 0 Å². The van der Waals surface area contributed by atoms with Crippen LogP contribution in [0.4, 0.5) is 15.8 Å². The Morgan fingerprint density at radius 3 is 2.71 bits per heavy atom. The topological polar surface area (TPSA) is 72.2 Å². The van der Waals surface area contributed by atoms with Gasteiger partial charge in [0, 0.05) is 12.0 Å². The molecule has 0 saturated heterocycles. The van der Waals surface area contributed by atoms with Crippen LogP contribution in [0.1, 0.15) is 12.8 Å². The molecule has 0 bridgehead atoms. The van der Waals surface area contributed by atoms with Crippen LogP contribution < -0.4 is 5.32 Å². The van der Waals surface area contributed by atoms with E-state index in [0.717, 1.165) is 25.0 Å². The van der Waals surface area contributed by atoms with E-state index in [4.69, 9.17) is 11.6 Å². The van der Waals surface area contributed by atoms with Crippen molar-refractivity contribution < 1.29 is 14.1 Å². The summed E-state index contributed by atoms with van der Waals surface area (Å²) in [6.07, 6.45) is 1.50. The third-order valence-corrected chi connectivity index (χ3v) is 2.85. The average Bonchev–Trinajstić information content (AvgIpc) is 3.06. The van der Waals surface area contributed by atoms with Crippen molar-refractivity contribution in [3.05, 3.63) is 33.1 Å². The lowest BCUT2D eigenvalue weighted by Crippen LogP contribution is -2.15. The predicted molar refractivity (Wildman–Crippen MR) is 59.4 cm³/mol. The molecule has 5 nitrogen and oxygen atoms in total. The molecule has 0 unspecified atom stereocenters. The second-order valence-electron chi connectivity index (χ2n) is 3.78. The molecular weight excluding hydrogens is 251 g/mol. The number of amides is 1. The van der Waals surface area contributed by atoms with Crippen molar-refractivity contribution in [2.75, 3.05) is 5.32 Å². The fourth-order valence-corrected chi connectivity index (χ4v) is 1.64. The first-order valence-electron chi connectivity index (χ1n) is 4.94. The van der Waals surface area contributed by atoms with E-state index in [-0.39, 0.29) is 22.5 Å². The highest BCUT2D eigenvalue weighted by Crippen LogP contribution is 2.36. The highest BCUT2D eigenvalue weighted by molar-refractivity contribution is 6.35. The van der Waals surface area contributed by atoms with E-state index in [1.165, 1.54) is 0 Å². The number of carbonyl (C=O) groups is 1. The van der Waals surface area contributed by atoms with Crippen LogP contribution in [0.2, 0.25) is 5.02 Å². The molecule has 1 aromatic carbocycles. The zero-order chi connectivity index (χ0) is 12.6. The van der Waals surface area contributed by atoms with E-state index in [9.17, 15) is 19.3 Å². The molecule has 2 rings (SSSR count). The largest absolute Gasteiger partial charge is 0.322 e. The number of nitro benzene ring substituents is 1. The summed E-state index contributed by atoms with van der Waals surface area (Å²) in [5.41, 5.74) is -0.753. The number of nitrogens with zero attached hydrogens (tertiary/aromatic N) is 1. The van der Waals surface area contributed by atoms with E-state index in [1.807, 2.05) is 0 Å². The molecule has 17 heavy (non-hydrogen) atoms. The Kier molecular flexibility index (Phi) is 2.97. The van der Waals surface area contributed by atoms with E-state index in [0.29, 0.717) is 0 Å². The summed E-state index contributed by atoms with van der Waals surface area (Å²) in [6, 6.07) is 1.87. The smallest absolute Gasteiger partial charge is 0.290 e. The Morgan fingerprint density at radius 2 is 2.18 bits per heavy atom. The van der Waals surface area contributed by atoms with Crippen LogP contribution in [0.5, 0.6) is 0 Å². The minimum atomic E-state index is -0.783. The van der Waals surface area contributed by atoms with Gasteiger partial charge in [0.2, 0.25) is 5.91 Å². The van der Waals surface area contributed by atoms with Gasteiger partial charge in [-0.15, -0.1) is 0 Å². The molecule has 1 saturated carbocycles. The van der Waals surface area contributed by atoms with Crippen LogP contribution >= 0.6 is 11.6 Å². The number of nitrogens with one attached hydrogen (secondary N) is 1. The summed E-state index contributed by atoms with van der Waals surface area (Å²) in [7, 11) is 0. The zero-order valence-corrected chi connectivity index (χ0v) is 9.33. The van der Waals surface area contributed by atoms with Crippen LogP contribution in [0, 0.1) is 21.8 Å². The summed E-state index contributed by atoms with van der Waals surface area (Å²) in [6.45, 7) is 0. The quantitative estimate of drug-likeness (QED) is 0.669. The number of anilines is 1. The van der Waals surface area contributed by atoms with Gasteiger partial charge in [-0.05, 0) is 18.9 Å². The van der Waals surface area contributed by atoms with Crippen LogP contribution in [0.15, 0.2) is 12.1 Å². The lowest BCUT2D eigenvalue weighted by molar-refractivity contribution is -0.384. The third-order valence-electron chi connectivity index (χ3n) is 2.46. The zero-order valence-electron chi connectivity index (χ0n) is 8.57. The van der Waals surface area contributed by atoms with Gasteiger partial charge >= 0.3 is 0 Å². The number of rotatable bonds is 3. The van der Waals surface area contributed by atoms with Crippen molar-refractivity contribution in [1.29, 1.82) is 0 Å². The molecule has 90 valence electrons. The van der Waals surface area contributed by atoms with E-state index in [1.54, 1.807) is 0 Å². The number of hydrogen-bond donors (Lipinski definition) is 1. The summed E-state index contributed by atoms with van der Waals surface area (Å²) >= 11 is 5.68. The normalized spacial score (nSPS) is 14.5. The first-order chi connectivity index (χ1) is 8.00. The number of hydrogen-bond acceptors (Lipinski definition) is 3. The van der Waals surface area contributed by atoms with Gasteiger partial charge in [-0.1, -0.05) is 11.6 Å². The Morgan fingerprint density at radius 1 is 1.53 bits per heavy atom. The van der Waals surface area contributed by atoms with E-state index < -0.39 is 16.4 Å². The molecular formula is C10H8ClFN2O3. The molecule has 1 aromatic rings. The number of halogens is 2. The maximum Gasteiger partial charge on any atom is 0.290 e. The van der Waals surface area contributed by atoms with Gasteiger partial charge in [-0.2, -0.15) is 0 Å². The number of nitro groups is 1. The van der Waals surface area contributed by atoms with Crippen molar-refractivity contribution >= 4 is 28.9 Å². The highest BCUT2D eigenvalue weighted by atomic mass is 35.5. The van der Waals surface area contributed by atoms with Crippen molar-refractivity contribution in [2.45, 2.75) is 12.8 Å². The molecule has 1 aliphatic rings. The standard InChI is InChI=1S/C10H8ClFN2O3/c11-8-7(14(16)17)4-3-6(12)9(8)13-10(15)5-1-2-5/h3-5H,1-2H2,(H,13,15). The van der Waals surface area contributed by atoms with Crippen molar-refractivity contribution in [3.63, 3.8) is 0 Å². The van der Waals surface area contributed by atoms with E-state index in [2.05, 4.69) is 5.32 Å². The van der Waals surface area contributed by atoms with Gasteiger partial charge in [0.15, 0.2) is 0 Å². The van der Waals surface area contributed by atoms with Gasteiger partial charge in [0.05, 0.1) is 4.92 Å². The third kappa shape index (κ3) is 2.36. The number of carbonyl (C=O) groups excluding carboxylic acids is 1. The second-order valence-corrected chi connectivity index (χ2v) is 4.15. The molecule has 0 aromatic heterocycles. The monoisotopic (exact) mass is 258 g/mol. The van der Waals surface area contributed by atoms with Gasteiger partial charge in [-0.25, -0.2) is 4.39 Å². The van der Waals surface area contributed by atoms with Crippen molar-refractivity contribution in [1.82, 2.24) is 0 Å². The Labute approximate surface area is 101 Å². The number of benzene rings is 1. The maximum absolute atomic E-state index is 13.4. The Bertz CT molecular complexity index is 503. The van der Waals surface area contributed by atoms with Gasteiger partial charge in [0.1, 0.15) is 16.5 Å². The maximum atomic E-state index is 13.4. The molecule has 1 amide bonds. The second kappa shape index (κ2) is 4.29. The Balaban J connectivity index is 2.33. The van der Waals surface area contributed by atoms with E-state index >= 15 is 0 Å². The molecule has 0 atom stereocenters. The SMILES string of the molecule is O=C(Nc1c(F)ccc([N+](=O)[O-])c1Cl)C1CC1. The van der Waals surface area contributed by atoms with Crippen LogP contribution in [-0.4, -0.2) is 10.8 Å². The first kappa shape index (κ1) is 11.8. The fourth-order valence-electron chi connectivity index (χ4n) is 1.37. The first-order valence-corrected chi connectivity index (χ1v) is 5.31. The summed E-state index contributed by atoms with van der Waals surface area (Å²) in [5.74, 6) is -1.27. The highest BCUT2D eigenvalue weighted by Gasteiger charge is 2.31. The molecule has 0 heterocycles. The van der Waals surface area contributed by atoms with Crippen molar-refractivity contribution in [2.24, 2.45) is 5.92 Å². The summed E-state index contributed by atoms with van der Waals surface area (Å²) < 4.78 is 13.4. The van der Waals surface area contributed by atoms with Crippen molar-refractivity contribution in [3.8, 4) is 0 Å². The summed E-state index contributed by atoms with van der Waals surface area (Å²) in [5, 5.41) is 12.5. The molecule has 1 N–H and O–H groups in total. The molecule has 0 aliphatic heterocycles. The molecule has 0 spiro atoms. The van der Waals surface area contributed by atoms with Gasteiger partial charge < -0.3 is 5.32 Å². The molecule has 1 fully saturated rings. The molecule has 7 heteroatoms. The predicted octanol–water partition coefficient (Wildman–Crippen LogP) is 2.74. The van der Waals surface area contributed by atoms with Gasteiger partial charge in [-0.3, -0.25) is 14.9 Å². The van der Waals surface area contributed by atoms with Crippen LogP contribution in [0.25, 0.3) is 0 Å². The fraction of sp³-hybridized carbons (Fsp3) is 0.300. The molecule has 1 aliphatic carbocycles. The average molecular weight is 259 g/mol. The Hall–Kier alpha value is -1.69. The van der Waals surface area contributed by atoms with Gasteiger partial charge in [0.25, 0.3) is 5.69 Å². The van der Waals surface area contributed by atoms with Crippen LogP contribution in [-0.2, 0) is 4.79 Å². The minimum Gasteiger partial charge on any atom is -0.322 e. The minimum absolute atomic E-state index is 0.135. The summed E-state index contributed by atoms with van der Waals surface area (Å²) in [4.78, 5) is 21.3.